The normalized spacial score (nSPS) is 11.0. The van der Waals surface area contributed by atoms with Crippen molar-refractivity contribution >= 4 is 39.6 Å². The summed E-state index contributed by atoms with van der Waals surface area (Å²) in [6.07, 6.45) is 0. The summed E-state index contributed by atoms with van der Waals surface area (Å²) in [6, 6.07) is 31.8. The van der Waals surface area contributed by atoms with Crippen molar-refractivity contribution in [2.24, 2.45) is 0 Å². The van der Waals surface area contributed by atoms with Crippen molar-refractivity contribution in [3.05, 3.63) is 97.1 Å². The van der Waals surface area contributed by atoms with E-state index in [1.54, 1.807) is 12.1 Å². The van der Waals surface area contributed by atoms with E-state index in [1.165, 1.54) is 10.8 Å². The third kappa shape index (κ3) is 3.04. The smallest absolute Gasteiger partial charge is 0.501 e. The second kappa shape index (κ2) is 6.91. The van der Waals surface area contributed by atoms with Gasteiger partial charge in [0.25, 0.3) is 0 Å². The van der Waals surface area contributed by atoms with E-state index >= 15 is 0 Å². The first kappa shape index (κ1) is 16.7. The Hall–Kier alpha value is -3.50. The van der Waals surface area contributed by atoms with E-state index in [9.17, 15) is 5.02 Å². The molecule has 1 N–H and O–H groups in total. The molecule has 0 unspecified atom stereocenters. The highest BCUT2D eigenvalue weighted by Crippen LogP contribution is 2.35. The van der Waals surface area contributed by atoms with Gasteiger partial charge in [-0.3, -0.25) is 0 Å². The van der Waals surface area contributed by atoms with E-state index in [4.69, 9.17) is 9.31 Å². The summed E-state index contributed by atoms with van der Waals surface area (Å²) in [5, 5.41) is 16.9. The summed E-state index contributed by atoms with van der Waals surface area (Å²) >= 11 is 0. The number of fused-ring (bicyclic) bond motifs is 4. The average Bonchev–Trinajstić information content (AvgIpc) is 2.73. The Kier molecular flexibility index (Phi) is 4.11. The lowest BCUT2D eigenvalue weighted by Gasteiger charge is -2.14. The van der Waals surface area contributed by atoms with Crippen molar-refractivity contribution in [1.29, 1.82) is 0 Å². The van der Waals surface area contributed by atoms with Crippen LogP contribution in [0.4, 0.5) is 0 Å². The van der Waals surface area contributed by atoms with Crippen molar-refractivity contribution in [1.82, 2.24) is 0 Å². The van der Waals surface area contributed by atoms with Crippen molar-refractivity contribution in [3.8, 4) is 11.5 Å². The summed E-state index contributed by atoms with van der Waals surface area (Å²) in [4.78, 5) is 0. The number of hydrogen-bond donors (Lipinski definition) is 1. The number of benzene rings is 5. The molecule has 5 aromatic rings. The van der Waals surface area contributed by atoms with E-state index in [2.05, 4.69) is 36.4 Å². The lowest BCUT2D eigenvalue weighted by molar-refractivity contribution is 0.299. The quantitative estimate of drug-likeness (QED) is 0.257. The van der Waals surface area contributed by atoms with Crippen molar-refractivity contribution in [3.63, 3.8) is 0 Å². The Morgan fingerprint density at radius 3 is 2.07 bits per heavy atom. The van der Waals surface area contributed by atoms with Gasteiger partial charge in [-0.1, -0.05) is 66.7 Å². The Labute approximate surface area is 162 Å². The molecule has 5 aromatic carbocycles. The Morgan fingerprint density at radius 2 is 1.25 bits per heavy atom. The average molecular weight is 364 g/mol. The van der Waals surface area contributed by atoms with Crippen molar-refractivity contribution in [2.75, 3.05) is 0 Å². The molecule has 3 nitrogen and oxygen atoms in total. The van der Waals surface area contributed by atoms with Gasteiger partial charge in [-0.25, -0.2) is 0 Å². The number of para-hydroxylation sites is 1. The highest BCUT2D eigenvalue weighted by molar-refractivity contribution is 6.37. The molecule has 0 aliphatic carbocycles. The fourth-order valence-corrected chi connectivity index (χ4v) is 3.61. The van der Waals surface area contributed by atoms with Gasteiger partial charge in [0, 0.05) is 5.39 Å². The van der Waals surface area contributed by atoms with Crippen LogP contribution >= 0.6 is 0 Å². The first-order valence-corrected chi connectivity index (χ1v) is 9.19. The second-order valence-electron chi connectivity index (χ2n) is 6.70. The minimum absolute atomic E-state index is 0.547. The third-order valence-electron chi connectivity index (χ3n) is 4.90. The van der Waals surface area contributed by atoms with Crippen LogP contribution in [0.3, 0.4) is 0 Å². The Balaban J connectivity index is 1.61. The maximum atomic E-state index is 10.3. The molecule has 0 radical (unpaired) electrons. The second-order valence-corrected chi connectivity index (χ2v) is 6.70. The highest BCUT2D eigenvalue weighted by atomic mass is 16.7. The molecule has 0 aromatic heterocycles. The predicted octanol–water partition coefficient (Wildman–Crippen LogP) is 5.58. The Morgan fingerprint density at radius 1 is 0.571 bits per heavy atom. The SMILES string of the molecule is OB(Oc1ccccc1)Oc1cccc2ccc3cc4ccccc4cc3c12. The van der Waals surface area contributed by atoms with E-state index in [1.807, 2.05) is 48.5 Å². The molecule has 0 spiro atoms. The molecule has 0 fully saturated rings. The molecule has 5 rings (SSSR count). The minimum atomic E-state index is -1.40. The van der Waals surface area contributed by atoms with Crippen LogP contribution in [0.25, 0.3) is 32.3 Å². The van der Waals surface area contributed by atoms with Gasteiger partial charge in [-0.15, -0.1) is 0 Å². The lowest BCUT2D eigenvalue weighted by atomic mass is 9.97. The highest BCUT2D eigenvalue weighted by Gasteiger charge is 2.22. The summed E-state index contributed by atoms with van der Waals surface area (Å²) in [5.74, 6) is 1.13. The summed E-state index contributed by atoms with van der Waals surface area (Å²) in [7, 11) is -1.40. The maximum Gasteiger partial charge on any atom is 0.785 e. The van der Waals surface area contributed by atoms with Gasteiger partial charge in [0.2, 0.25) is 0 Å². The van der Waals surface area contributed by atoms with Crippen LogP contribution in [0.1, 0.15) is 0 Å². The summed E-state index contributed by atoms with van der Waals surface area (Å²) in [6.45, 7) is 0. The molecule has 4 heteroatoms. The third-order valence-corrected chi connectivity index (χ3v) is 4.90. The van der Waals surface area contributed by atoms with Crippen LogP contribution < -0.4 is 9.31 Å². The van der Waals surface area contributed by atoms with Gasteiger partial charge in [-0.2, -0.15) is 0 Å². The zero-order valence-corrected chi connectivity index (χ0v) is 15.1. The van der Waals surface area contributed by atoms with Crippen LogP contribution in [0.15, 0.2) is 97.1 Å². The zero-order valence-electron chi connectivity index (χ0n) is 15.1. The predicted molar refractivity (Wildman–Crippen MR) is 115 cm³/mol. The summed E-state index contributed by atoms with van der Waals surface area (Å²) in [5.41, 5.74) is 0. The lowest BCUT2D eigenvalue weighted by Crippen LogP contribution is -2.29. The molecule has 0 atom stereocenters. The molecule has 0 bridgehead atoms. The van der Waals surface area contributed by atoms with Crippen LogP contribution in [-0.2, 0) is 0 Å². The van der Waals surface area contributed by atoms with Gasteiger partial charge in [0.1, 0.15) is 11.5 Å². The van der Waals surface area contributed by atoms with Crippen molar-refractivity contribution in [2.45, 2.75) is 0 Å². The molecule has 0 saturated carbocycles. The number of rotatable bonds is 4. The van der Waals surface area contributed by atoms with E-state index in [0.717, 1.165) is 21.5 Å². The molecule has 0 amide bonds. The Bertz CT molecular complexity index is 1280. The van der Waals surface area contributed by atoms with Crippen molar-refractivity contribution < 1.29 is 14.3 Å². The molecule has 0 aliphatic heterocycles. The van der Waals surface area contributed by atoms with Crippen LogP contribution in [0, 0.1) is 0 Å². The molecule has 0 aliphatic rings. The first-order valence-electron chi connectivity index (χ1n) is 9.19. The monoisotopic (exact) mass is 364 g/mol. The van der Waals surface area contributed by atoms with Gasteiger partial charge in [0.05, 0.1) is 0 Å². The van der Waals surface area contributed by atoms with Crippen LogP contribution in [0.5, 0.6) is 11.5 Å². The number of hydrogen-bond acceptors (Lipinski definition) is 3. The fraction of sp³-hybridized carbons (Fsp3) is 0. The molecule has 0 heterocycles. The molecule has 0 saturated heterocycles. The van der Waals surface area contributed by atoms with E-state index in [0.29, 0.717) is 11.5 Å². The molecular formula is C24H17BO3. The van der Waals surface area contributed by atoms with Crippen LogP contribution in [-0.4, -0.2) is 12.3 Å². The molecule has 134 valence electrons. The largest absolute Gasteiger partial charge is 0.785 e. The van der Waals surface area contributed by atoms with Gasteiger partial charge < -0.3 is 14.3 Å². The summed E-state index contributed by atoms with van der Waals surface area (Å²) < 4.78 is 11.3. The van der Waals surface area contributed by atoms with Gasteiger partial charge in [0.15, 0.2) is 0 Å². The van der Waals surface area contributed by atoms with Gasteiger partial charge in [-0.05, 0) is 57.3 Å². The maximum absolute atomic E-state index is 10.3. The fourth-order valence-electron chi connectivity index (χ4n) is 3.61. The molecule has 28 heavy (non-hydrogen) atoms. The topological polar surface area (TPSA) is 38.7 Å². The molecular weight excluding hydrogens is 347 g/mol. The van der Waals surface area contributed by atoms with Crippen LogP contribution in [0.2, 0.25) is 0 Å². The minimum Gasteiger partial charge on any atom is -0.501 e. The van der Waals surface area contributed by atoms with E-state index in [-0.39, 0.29) is 0 Å². The standard InChI is InChI=1S/C24H17BO3/c26-25(27-21-10-2-1-3-11-21)28-23-12-6-9-17-13-14-20-15-18-7-4-5-8-19(18)16-22(20)24(17)23/h1-16,26H. The van der Waals surface area contributed by atoms with E-state index < -0.39 is 7.32 Å². The first-order chi connectivity index (χ1) is 13.8. The van der Waals surface area contributed by atoms with Gasteiger partial charge >= 0.3 is 7.32 Å². The zero-order chi connectivity index (χ0) is 18.9.